The molecule has 0 aliphatic carbocycles. The van der Waals surface area contributed by atoms with Gasteiger partial charge < -0.3 is 14.8 Å². The van der Waals surface area contributed by atoms with Gasteiger partial charge in [-0.05, 0) is 41.3 Å². The molecule has 2 heterocycles. The molecule has 5 aromatic rings. The van der Waals surface area contributed by atoms with Crippen molar-refractivity contribution >= 4 is 23.7 Å². The van der Waals surface area contributed by atoms with Gasteiger partial charge in [-0.15, -0.1) is 5.10 Å². The van der Waals surface area contributed by atoms with Gasteiger partial charge in [0.25, 0.3) is 0 Å². The summed E-state index contributed by atoms with van der Waals surface area (Å²) in [5, 5.41) is 8.77. The highest BCUT2D eigenvalue weighted by molar-refractivity contribution is 7.98. The number of hydrogen-bond acceptors (Lipinski definition) is 7. The molecule has 1 aliphatic heterocycles. The van der Waals surface area contributed by atoms with Gasteiger partial charge in [0.05, 0.1) is 12.2 Å². The van der Waals surface area contributed by atoms with Crippen LogP contribution in [0.2, 0.25) is 0 Å². The Hall–Kier alpha value is -4.82. The first kappa shape index (κ1) is 28.3. The zero-order valence-corrected chi connectivity index (χ0v) is 24.7. The van der Waals surface area contributed by atoms with E-state index in [0.29, 0.717) is 29.0 Å². The maximum atomic E-state index is 13.6. The number of nitrogens with zero attached hydrogens (tertiary/aromatic N) is 3. The van der Waals surface area contributed by atoms with Crippen molar-refractivity contribution in [2.75, 3.05) is 11.9 Å². The second-order valence-electron chi connectivity index (χ2n) is 10.2. The van der Waals surface area contributed by atoms with Crippen LogP contribution in [0, 0.1) is 0 Å². The number of thioether (sulfide) groups is 1. The van der Waals surface area contributed by atoms with E-state index in [0.717, 1.165) is 29.1 Å². The monoisotopic (exact) mass is 588 g/mol. The van der Waals surface area contributed by atoms with Crippen molar-refractivity contribution in [1.82, 2.24) is 14.8 Å². The van der Waals surface area contributed by atoms with Crippen molar-refractivity contribution < 1.29 is 14.3 Å². The third kappa shape index (κ3) is 6.98. The van der Waals surface area contributed by atoms with Crippen molar-refractivity contribution in [2.24, 2.45) is 0 Å². The molecule has 8 heteroatoms. The van der Waals surface area contributed by atoms with E-state index in [-0.39, 0.29) is 6.61 Å². The van der Waals surface area contributed by atoms with Crippen molar-refractivity contribution in [2.45, 2.75) is 36.9 Å². The molecule has 0 spiro atoms. The van der Waals surface area contributed by atoms with Crippen molar-refractivity contribution in [1.29, 1.82) is 0 Å². The van der Waals surface area contributed by atoms with Gasteiger partial charge in [0, 0.05) is 17.9 Å². The first-order valence-corrected chi connectivity index (χ1v) is 15.2. The van der Waals surface area contributed by atoms with Gasteiger partial charge in [-0.2, -0.15) is 4.98 Å². The highest BCUT2D eigenvalue weighted by Crippen LogP contribution is 2.37. The molecule has 0 saturated heterocycles. The summed E-state index contributed by atoms with van der Waals surface area (Å²) >= 11 is 1.55. The van der Waals surface area contributed by atoms with Crippen LogP contribution in [0.3, 0.4) is 0 Å². The topological polar surface area (TPSA) is 78.3 Å². The Kier molecular flexibility index (Phi) is 8.85. The molecule has 216 valence electrons. The highest BCUT2D eigenvalue weighted by atomic mass is 32.2. The molecular weight excluding hydrogens is 556 g/mol. The number of benzene rings is 4. The van der Waals surface area contributed by atoms with E-state index in [1.54, 1.807) is 16.4 Å². The quantitative estimate of drug-likeness (QED) is 0.129. The molecule has 0 radical (unpaired) electrons. The maximum absolute atomic E-state index is 13.6. The molecule has 1 N–H and O–H groups in total. The standard InChI is InChI=1S/C35H32N4O3S/c1-25-31(33(40)42-23-27-13-7-3-8-14-27)32(29-17-19-30(20-18-29)41-22-21-26-11-5-2-6-12-26)39-34(36-25)37-35(38-39)43-24-28-15-9-4-10-16-28/h2-20,32H,21-24H2,1H3,(H,36,37,38). The Morgan fingerprint density at radius 3 is 2.14 bits per heavy atom. The lowest BCUT2D eigenvalue weighted by Gasteiger charge is -2.28. The first-order chi connectivity index (χ1) is 21.1. The summed E-state index contributed by atoms with van der Waals surface area (Å²) in [6.45, 7) is 2.63. The summed E-state index contributed by atoms with van der Waals surface area (Å²) in [6.07, 6.45) is 0.821. The molecule has 0 saturated carbocycles. The van der Waals surface area contributed by atoms with Gasteiger partial charge >= 0.3 is 5.97 Å². The fraction of sp³-hybridized carbons (Fsp3) is 0.171. The summed E-state index contributed by atoms with van der Waals surface area (Å²) in [5.74, 6) is 1.69. The minimum absolute atomic E-state index is 0.180. The summed E-state index contributed by atoms with van der Waals surface area (Å²) in [6, 6.07) is 37.5. The average molecular weight is 589 g/mol. The molecule has 0 fully saturated rings. The third-order valence-electron chi connectivity index (χ3n) is 7.17. The van der Waals surface area contributed by atoms with E-state index in [2.05, 4.69) is 29.6 Å². The van der Waals surface area contributed by atoms with Gasteiger partial charge in [-0.3, -0.25) is 0 Å². The Morgan fingerprint density at radius 1 is 0.837 bits per heavy atom. The van der Waals surface area contributed by atoms with Crippen LogP contribution in [-0.2, 0) is 28.3 Å². The van der Waals surface area contributed by atoms with E-state index in [1.807, 2.05) is 97.9 Å². The number of carbonyl (C=O) groups is 1. The Balaban J connectivity index is 1.24. The molecular formula is C35H32N4O3S. The van der Waals surface area contributed by atoms with Crippen LogP contribution in [0.15, 0.2) is 132 Å². The lowest BCUT2D eigenvalue weighted by molar-refractivity contribution is -0.140. The normalized spacial score (nSPS) is 14.1. The van der Waals surface area contributed by atoms with E-state index < -0.39 is 12.0 Å². The molecule has 1 aliphatic rings. The number of hydrogen-bond donors (Lipinski definition) is 1. The minimum Gasteiger partial charge on any atom is -0.493 e. The van der Waals surface area contributed by atoms with Crippen molar-refractivity contribution in [3.8, 4) is 5.75 Å². The largest absolute Gasteiger partial charge is 0.493 e. The van der Waals surface area contributed by atoms with Crippen LogP contribution in [0.4, 0.5) is 5.95 Å². The summed E-state index contributed by atoms with van der Waals surface area (Å²) in [5.41, 5.74) is 5.40. The molecule has 1 unspecified atom stereocenters. The van der Waals surface area contributed by atoms with Crippen LogP contribution in [0.25, 0.3) is 0 Å². The van der Waals surface area contributed by atoms with Gasteiger partial charge in [-0.1, -0.05) is 115 Å². The number of aromatic nitrogens is 3. The van der Waals surface area contributed by atoms with Gasteiger partial charge in [-0.25, -0.2) is 9.48 Å². The average Bonchev–Trinajstić information content (AvgIpc) is 3.46. The summed E-state index contributed by atoms with van der Waals surface area (Å²) in [4.78, 5) is 18.4. The van der Waals surface area contributed by atoms with Crippen molar-refractivity contribution in [3.63, 3.8) is 0 Å². The molecule has 0 amide bonds. The lowest BCUT2D eigenvalue weighted by atomic mass is 9.95. The van der Waals surface area contributed by atoms with Crippen LogP contribution in [0.1, 0.15) is 35.2 Å². The Labute approximate surface area is 255 Å². The summed E-state index contributed by atoms with van der Waals surface area (Å²) in [7, 11) is 0. The number of carbonyl (C=O) groups excluding carboxylic acids is 1. The predicted octanol–water partition coefficient (Wildman–Crippen LogP) is 7.22. The van der Waals surface area contributed by atoms with E-state index in [4.69, 9.17) is 19.6 Å². The second-order valence-corrected chi connectivity index (χ2v) is 11.2. The molecule has 4 aromatic carbocycles. The second kappa shape index (κ2) is 13.4. The number of esters is 1. The van der Waals surface area contributed by atoms with Crippen molar-refractivity contribution in [3.05, 3.63) is 149 Å². The smallest absolute Gasteiger partial charge is 0.338 e. The zero-order chi connectivity index (χ0) is 29.4. The van der Waals surface area contributed by atoms with Crippen LogP contribution in [-0.4, -0.2) is 27.3 Å². The molecule has 1 aromatic heterocycles. The van der Waals surface area contributed by atoms with E-state index in [9.17, 15) is 4.79 Å². The fourth-order valence-electron chi connectivity index (χ4n) is 4.97. The third-order valence-corrected chi connectivity index (χ3v) is 8.08. The molecule has 7 nitrogen and oxygen atoms in total. The highest BCUT2D eigenvalue weighted by Gasteiger charge is 2.35. The molecule has 6 rings (SSSR count). The Morgan fingerprint density at radius 2 is 1.47 bits per heavy atom. The minimum atomic E-state index is -0.517. The Bertz CT molecular complexity index is 1690. The van der Waals surface area contributed by atoms with Gasteiger partial charge in [0.1, 0.15) is 18.4 Å². The maximum Gasteiger partial charge on any atom is 0.338 e. The number of ether oxygens (including phenoxy) is 2. The fourth-order valence-corrected chi connectivity index (χ4v) is 5.75. The SMILES string of the molecule is CC1=C(C(=O)OCc2ccccc2)C(c2ccc(OCCc3ccccc3)cc2)n2nc(SCc3ccccc3)nc2N1. The molecule has 0 bridgehead atoms. The number of nitrogens with one attached hydrogen (secondary N) is 1. The van der Waals surface area contributed by atoms with Crippen LogP contribution < -0.4 is 10.1 Å². The van der Waals surface area contributed by atoms with E-state index in [1.165, 1.54) is 11.1 Å². The van der Waals surface area contributed by atoms with E-state index >= 15 is 0 Å². The predicted molar refractivity (Wildman–Crippen MR) is 169 cm³/mol. The number of allylic oxidation sites excluding steroid dienone is 1. The van der Waals surface area contributed by atoms with Crippen LogP contribution in [0.5, 0.6) is 5.75 Å². The summed E-state index contributed by atoms with van der Waals surface area (Å²) < 4.78 is 13.6. The van der Waals surface area contributed by atoms with Gasteiger partial charge in [0.2, 0.25) is 11.1 Å². The number of anilines is 1. The zero-order valence-electron chi connectivity index (χ0n) is 23.9. The first-order valence-electron chi connectivity index (χ1n) is 14.2. The number of fused-ring (bicyclic) bond motifs is 1. The number of rotatable bonds is 11. The van der Waals surface area contributed by atoms with Gasteiger partial charge in [0.15, 0.2) is 0 Å². The molecule has 1 atom stereocenters. The molecule has 43 heavy (non-hydrogen) atoms. The van der Waals surface area contributed by atoms with Crippen LogP contribution >= 0.6 is 11.8 Å². The lowest BCUT2D eigenvalue weighted by Crippen LogP contribution is -2.29.